The monoisotopic (exact) mass is 266 g/mol. The Bertz CT molecular complexity index is 489. The van der Waals surface area contributed by atoms with Gasteiger partial charge < -0.3 is 0 Å². The molecule has 82 valence electrons. The molecule has 1 aromatic heterocycles. The van der Waals surface area contributed by atoms with Crippen LogP contribution in [0.25, 0.3) is 0 Å². The lowest BCUT2D eigenvalue weighted by Crippen LogP contribution is -2.06. The van der Waals surface area contributed by atoms with Gasteiger partial charge in [0.05, 0.1) is 22.2 Å². The first-order valence-corrected chi connectivity index (χ1v) is 6.95. The average Bonchev–Trinajstić information content (AvgIpc) is 2.51. The van der Waals surface area contributed by atoms with E-state index in [9.17, 15) is 8.42 Å². The van der Waals surface area contributed by atoms with E-state index in [4.69, 9.17) is 23.2 Å². The van der Waals surface area contributed by atoms with Crippen molar-refractivity contribution in [1.29, 1.82) is 0 Å². The third-order valence-corrected chi connectivity index (χ3v) is 4.81. The minimum atomic E-state index is -2.91. The molecule has 1 aromatic rings. The van der Waals surface area contributed by atoms with Gasteiger partial charge in [0.2, 0.25) is 0 Å². The lowest BCUT2D eigenvalue weighted by atomic mass is 10.1. The summed E-state index contributed by atoms with van der Waals surface area (Å²) in [6.07, 6.45) is 0.578. The first kappa shape index (κ1) is 11.1. The molecule has 1 atom stereocenters. The Hall–Kier alpha value is -0.390. The Morgan fingerprint density at radius 2 is 2.07 bits per heavy atom. The first-order chi connectivity index (χ1) is 6.98. The van der Waals surface area contributed by atoms with Crippen LogP contribution in [-0.4, -0.2) is 30.1 Å². The van der Waals surface area contributed by atoms with Crippen LogP contribution in [0.2, 0.25) is 10.2 Å². The number of rotatable bonds is 1. The summed E-state index contributed by atoms with van der Waals surface area (Å²) in [7, 11) is -2.91. The molecule has 2 heterocycles. The van der Waals surface area contributed by atoms with E-state index in [-0.39, 0.29) is 22.6 Å². The Morgan fingerprint density at radius 3 is 2.60 bits per heavy atom. The molecule has 0 bridgehead atoms. The predicted octanol–water partition coefficient (Wildman–Crippen LogP) is 1.69. The van der Waals surface area contributed by atoms with Crippen molar-refractivity contribution in [2.45, 2.75) is 12.3 Å². The zero-order valence-corrected chi connectivity index (χ0v) is 9.98. The highest BCUT2D eigenvalue weighted by molar-refractivity contribution is 7.91. The molecule has 1 unspecified atom stereocenters. The average molecular weight is 267 g/mol. The van der Waals surface area contributed by atoms with Crippen molar-refractivity contribution in [3.63, 3.8) is 0 Å². The van der Waals surface area contributed by atoms with E-state index in [0.717, 1.165) is 0 Å². The van der Waals surface area contributed by atoms with E-state index in [2.05, 4.69) is 10.2 Å². The van der Waals surface area contributed by atoms with Crippen LogP contribution in [0.3, 0.4) is 0 Å². The van der Waals surface area contributed by atoms with Crippen LogP contribution in [0.5, 0.6) is 0 Å². The number of halogens is 2. The van der Waals surface area contributed by atoms with Crippen molar-refractivity contribution in [3.8, 4) is 0 Å². The van der Waals surface area contributed by atoms with Crippen molar-refractivity contribution >= 4 is 33.0 Å². The molecule has 4 nitrogen and oxygen atoms in total. The molecule has 0 aromatic carbocycles. The van der Waals surface area contributed by atoms with E-state index < -0.39 is 9.84 Å². The van der Waals surface area contributed by atoms with E-state index in [1.165, 1.54) is 0 Å². The summed E-state index contributed by atoms with van der Waals surface area (Å²) < 4.78 is 22.5. The van der Waals surface area contributed by atoms with Gasteiger partial charge in [-0.15, -0.1) is 5.10 Å². The molecule has 0 spiro atoms. The van der Waals surface area contributed by atoms with Crippen LogP contribution in [0.4, 0.5) is 0 Å². The summed E-state index contributed by atoms with van der Waals surface area (Å²) in [5.74, 6) is 0.233. The largest absolute Gasteiger partial charge is 0.229 e. The highest BCUT2D eigenvalue weighted by Crippen LogP contribution is 2.29. The van der Waals surface area contributed by atoms with Crippen LogP contribution in [0, 0.1) is 0 Å². The second kappa shape index (κ2) is 3.88. The smallest absolute Gasteiger partial charge is 0.170 e. The quantitative estimate of drug-likeness (QED) is 0.776. The number of nitrogens with zero attached hydrogens (tertiary/aromatic N) is 2. The normalized spacial score (nSPS) is 24.3. The van der Waals surface area contributed by atoms with Crippen molar-refractivity contribution in [2.75, 3.05) is 11.5 Å². The molecule has 1 saturated heterocycles. The molecule has 0 N–H and O–H groups in total. The lowest BCUT2D eigenvalue weighted by molar-refractivity contribution is 0.601. The van der Waals surface area contributed by atoms with Gasteiger partial charge in [-0.2, -0.15) is 5.10 Å². The third kappa shape index (κ3) is 2.41. The molecule has 0 aliphatic carbocycles. The Morgan fingerprint density at radius 1 is 1.33 bits per heavy atom. The highest BCUT2D eigenvalue weighted by Gasteiger charge is 2.30. The Balaban J connectivity index is 2.28. The molecule has 1 fully saturated rings. The van der Waals surface area contributed by atoms with Gasteiger partial charge in [0, 0.05) is 5.92 Å². The lowest BCUT2D eigenvalue weighted by Gasteiger charge is -2.06. The van der Waals surface area contributed by atoms with Crippen LogP contribution < -0.4 is 0 Å². The predicted molar refractivity (Wildman–Crippen MR) is 58.1 cm³/mol. The van der Waals surface area contributed by atoms with Crippen molar-refractivity contribution in [3.05, 3.63) is 21.9 Å². The Labute approximate surface area is 97.5 Å². The summed E-state index contributed by atoms with van der Waals surface area (Å²) in [5.41, 5.74) is 0.602. The van der Waals surface area contributed by atoms with Gasteiger partial charge in [-0.05, 0) is 12.5 Å². The van der Waals surface area contributed by atoms with Crippen LogP contribution in [0.1, 0.15) is 18.0 Å². The molecule has 1 aliphatic heterocycles. The van der Waals surface area contributed by atoms with E-state index >= 15 is 0 Å². The zero-order chi connectivity index (χ0) is 11.1. The topological polar surface area (TPSA) is 59.9 Å². The van der Waals surface area contributed by atoms with Crippen molar-refractivity contribution in [1.82, 2.24) is 10.2 Å². The van der Waals surface area contributed by atoms with Crippen LogP contribution in [0.15, 0.2) is 6.07 Å². The molecular formula is C8H8Cl2N2O2S. The van der Waals surface area contributed by atoms with Gasteiger partial charge in [-0.3, -0.25) is 0 Å². The van der Waals surface area contributed by atoms with Gasteiger partial charge in [0.1, 0.15) is 0 Å². The number of hydrogen-bond donors (Lipinski definition) is 0. The van der Waals surface area contributed by atoms with Gasteiger partial charge >= 0.3 is 0 Å². The number of hydrogen-bond acceptors (Lipinski definition) is 4. The maximum Gasteiger partial charge on any atom is 0.170 e. The molecule has 2 rings (SSSR count). The van der Waals surface area contributed by atoms with Crippen molar-refractivity contribution < 1.29 is 8.42 Å². The van der Waals surface area contributed by atoms with E-state index in [0.29, 0.717) is 17.1 Å². The SMILES string of the molecule is O=S1(=O)CCC(c2cc(Cl)c(Cl)nn2)C1. The molecule has 0 saturated carbocycles. The molecular weight excluding hydrogens is 259 g/mol. The van der Waals surface area contributed by atoms with Crippen LogP contribution in [-0.2, 0) is 9.84 Å². The summed E-state index contributed by atoms with van der Waals surface area (Å²) in [6.45, 7) is 0. The molecule has 1 aliphatic rings. The standard InChI is InChI=1S/C8H8Cl2N2O2S/c9-6-3-7(11-12-8(6)10)5-1-2-15(13,14)4-5/h3,5H,1-2,4H2. The fourth-order valence-corrected chi connectivity index (χ4v) is 3.60. The summed E-state index contributed by atoms with van der Waals surface area (Å²) in [6, 6.07) is 1.59. The minimum Gasteiger partial charge on any atom is -0.229 e. The second-order valence-electron chi connectivity index (χ2n) is 3.51. The molecule has 15 heavy (non-hydrogen) atoms. The van der Waals surface area contributed by atoms with E-state index in [1.807, 2.05) is 0 Å². The zero-order valence-electron chi connectivity index (χ0n) is 7.65. The second-order valence-corrected chi connectivity index (χ2v) is 6.50. The van der Waals surface area contributed by atoms with Crippen LogP contribution >= 0.6 is 23.2 Å². The molecule has 7 heteroatoms. The van der Waals surface area contributed by atoms with E-state index in [1.54, 1.807) is 6.07 Å². The highest BCUT2D eigenvalue weighted by atomic mass is 35.5. The fourth-order valence-electron chi connectivity index (χ4n) is 1.60. The number of aromatic nitrogens is 2. The number of sulfone groups is 1. The minimum absolute atomic E-state index is 0.0998. The van der Waals surface area contributed by atoms with Crippen molar-refractivity contribution in [2.24, 2.45) is 0 Å². The van der Waals surface area contributed by atoms with Gasteiger partial charge in [0.15, 0.2) is 15.0 Å². The summed E-state index contributed by atoms with van der Waals surface area (Å²) >= 11 is 11.4. The van der Waals surface area contributed by atoms with Gasteiger partial charge in [-0.1, -0.05) is 23.2 Å². The first-order valence-electron chi connectivity index (χ1n) is 4.37. The van der Waals surface area contributed by atoms with Gasteiger partial charge in [0.25, 0.3) is 0 Å². The molecule has 0 radical (unpaired) electrons. The third-order valence-electron chi connectivity index (χ3n) is 2.38. The maximum absolute atomic E-state index is 11.3. The summed E-state index contributed by atoms with van der Waals surface area (Å²) in [4.78, 5) is 0. The molecule has 0 amide bonds. The maximum atomic E-state index is 11.3. The van der Waals surface area contributed by atoms with Gasteiger partial charge in [-0.25, -0.2) is 8.42 Å². The summed E-state index contributed by atoms with van der Waals surface area (Å²) in [5, 5.41) is 7.97. The Kier molecular flexibility index (Phi) is 2.87. The fraction of sp³-hybridized carbons (Fsp3) is 0.500.